The second-order valence-corrected chi connectivity index (χ2v) is 5.47. The molecule has 1 atom stereocenters. The smallest absolute Gasteiger partial charge is 0.326 e. The summed E-state index contributed by atoms with van der Waals surface area (Å²) in [5.41, 5.74) is 0.186. The molecule has 1 saturated heterocycles. The number of carbonyl (C=O) groups excluding carboxylic acids is 2. The van der Waals surface area contributed by atoms with Crippen LogP contribution in [0.5, 0.6) is 0 Å². The van der Waals surface area contributed by atoms with Crippen molar-refractivity contribution in [1.29, 1.82) is 0 Å². The van der Waals surface area contributed by atoms with Crippen LogP contribution in [0.2, 0.25) is 0 Å². The molecule has 2 amide bonds. The first-order chi connectivity index (χ1) is 10.9. The molecule has 2 N–H and O–H groups in total. The van der Waals surface area contributed by atoms with Crippen LogP contribution in [-0.4, -0.2) is 35.5 Å². The first-order valence-electron chi connectivity index (χ1n) is 7.57. The molecule has 23 heavy (non-hydrogen) atoms. The molecule has 1 aromatic rings. The van der Waals surface area contributed by atoms with Gasteiger partial charge in [0.2, 0.25) is 5.91 Å². The van der Waals surface area contributed by atoms with Gasteiger partial charge in [0.05, 0.1) is 5.56 Å². The third-order valence-electron chi connectivity index (χ3n) is 3.76. The fraction of sp³-hybridized carbons (Fsp3) is 0.438. The van der Waals surface area contributed by atoms with E-state index in [1.165, 1.54) is 17.0 Å². The number of halogens is 1. The highest BCUT2D eigenvalue weighted by Gasteiger charge is 2.25. The van der Waals surface area contributed by atoms with Crippen LogP contribution in [0, 0.1) is 5.82 Å². The molecule has 0 aromatic heterocycles. The van der Waals surface area contributed by atoms with Gasteiger partial charge in [-0.25, -0.2) is 9.18 Å². The summed E-state index contributed by atoms with van der Waals surface area (Å²) in [6, 6.07) is 2.78. The van der Waals surface area contributed by atoms with Crippen molar-refractivity contribution in [3.05, 3.63) is 29.6 Å². The van der Waals surface area contributed by atoms with Gasteiger partial charge < -0.3 is 15.3 Å². The van der Waals surface area contributed by atoms with E-state index in [-0.39, 0.29) is 17.9 Å². The fourth-order valence-corrected chi connectivity index (χ4v) is 2.56. The Bertz CT molecular complexity index is 633. The van der Waals surface area contributed by atoms with Crippen molar-refractivity contribution in [3.8, 4) is 0 Å². The van der Waals surface area contributed by atoms with Gasteiger partial charge in [-0.1, -0.05) is 13.3 Å². The summed E-state index contributed by atoms with van der Waals surface area (Å²) in [5.74, 6) is -2.78. The van der Waals surface area contributed by atoms with Crippen molar-refractivity contribution in [2.24, 2.45) is 0 Å². The van der Waals surface area contributed by atoms with Gasteiger partial charge in [0.15, 0.2) is 0 Å². The third-order valence-corrected chi connectivity index (χ3v) is 3.76. The quantitative estimate of drug-likeness (QED) is 0.838. The Morgan fingerprint density at radius 3 is 2.74 bits per heavy atom. The third kappa shape index (κ3) is 3.85. The lowest BCUT2D eigenvalue weighted by molar-refractivity contribution is -0.139. The number of anilines is 1. The topological polar surface area (TPSA) is 86.7 Å². The average Bonchev–Trinajstić information content (AvgIpc) is 2.93. The zero-order valence-electron chi connectivity index (χ0n) is 12.8. The van der Waals surface area contributed by atoms with E-state index < -0.39 is 23.7 Å². The van der Waals surface area contributed by atoms with Crippen LogP contribution in [0.1, 0.15) is 43.0 Å². The Kier molecular flexibility index (Phi) is 5.31. The minimum Gasteiger partial charge on any atom is -0.480 e. The molecule has 0 bridgehead atoms. The maximum Gasteiger partial charge on any atom is 0.326 e. The molecule has 0 spiro atoms. The number of hydrogen-bond donors (Lipinski definition) is 2. The largest absolute Gasteiger partial charge is 0.480 e. The molecule has 1 heterocycles. The lowest BCUT2D eigenvalue weighted by Crippen LogP contribution is -2.41. The van der Waals surface area contributed by atoms with E-state index >= 15 is 0 Å². The number of rotatable bonds is 6. The Morgan fingerprint density at radius 2 is 2.17 bits per heavy atom. The summed E-state index contributed by atoms with van der Waals surface area (Å²) in [6.07, 6.45) is 1.97. The van der Waals surface area contributed by atoms with Crippen molar-refractivity contribution >= 4 is 23.5 Å². The number of benzene rings is 1. The molecule has 7 heteroatoms. The zero-order chi connectivity index (χ0) is 17.0. The van der Waals surface area contributed by atoms with Gasteiger partial charge in [0, 0.05) is 18.7 Å². The summed E-state index contributed by atoms with van der Waals surface area (Å²) in [7, 11) is 0. The van der Waals surface area contributed by atoms with Gasteiger partial charge >= 0.3 is 5.97 Å². The molecular formula is C16H19FN2O4. The highest BCUT2D eigenvalue weighted by atomic mass is 19.1. The van der Waals surface area contributed by atoms with E-state index in [1.807, 2.05) is 0 Å². The van der Waals surface area contributed by atoms with Gasteiger partial charge in [-0.2, -0.15) is 0 Å². The molecule has 1 aliphatic rings. The average molecular weight is 322 g/mol. The number of carbonyl (C=O) groups is 3. The molecular weight excluding hydrogens is 303 g/mol. The van der Waals surface area contributed by atoms with Gasteiger partial charge in [-0.15, -0.1) is 0 Å². The molecule has 1 fully saturated rings. The lowest BCUT2D eigenvalue weighted by Gasteiger charge is -2.18. The predicted octanol–water partition coefficient (Wildman–Crippen LogP) is 1.94. The van der Waals surface area contributed by atoms with Crippen LogP contribution in [0.25, 0.3) is 0 Å². The van der Waals surface area contributed by atoms with Crippen LogP contribution in [0.3, 0.4) is 0 Å². The fourth-order valence-electron chi connectivity index (χ4n) is 2.56. The molecule has 1 aromatic carbocycles. The zero-order valence-corrected chi connectivity index (χ0v) is 12.8. The molecule has 0 saturated carbocycles. The van der Waals surface area contributed by atoms with Crippen molar-refractivity contribution < 1.29 is 23.9 Å². The summed E-state index contributed by atoms with van der Waals surface area (Å²) in [4.78, 5) is 36.5. The second kappa shape index (κ2) is 7.21. The normalized spacial score (nSPS) is 15.6. The lowest BCUT2D eigenvalue weighted by atomic mass is 10.1. The molecule has 2 rings (SSSR count). The van der Waals surface area contributed by atoms with Gasteiger partial charge in [0.25, 0.3) is 5.91 Å². The Hall–Kier alpha value is -2.44. The van der Waals surface area contributed by atoms with Crippen LogP contribution >= 0.6 is 0 Å². The number of aliphatic carboxylic acids is 1. The maximum absolute atomic E-state index is 13.9. The van der Waals surface area contributed by atoms with Crippen molar-refractivity contribution in [3.63, 3.8) is 0 Å². The number of nitrogens with zero attached hydrogens (tertiary/aromatic N) is 1. The predicted molar refractivity (Wildman–Crippen MR) is 81.8 cm³/mol. The summed E-state index contributed by atoms with van der Waals surface area (Å²) in [6.45, 7) is 2.32. The SMILES string of the molecule is CCC[C@H](NC(=O)c1cc(N2CCCC2=O)ccc1F)C(=O)O. The van der Waals surface area contributed by atoms with Crippen molar-refractivity contribution in [2.45, 2.75) is 38.6 Å². The minimum atomic E-state index is -1.16. The number of carboxylic acid groups (broad SMARTS) is 1. The molecule has 1 aliphatic heterocycles. The number of nitrogens with one attached hydrogen (secondary N) is 1. The van der Waals surface area contributed by atoms with E-state index in [9.17, 15) is 18.8 Å². The van der Waals surface area contributed by atoms with Crippen LogP contribution in [0.15, 0.2) is 18.2 Å². The van der Waals surface area contributed by atoms with Crippen LogP contribution in [-0.2, 0) is 9.59 Å². The Balaban J connectivity index is 2.22. The Morgan fingerprint density at radius 1 is 1.43 bits per heavy atom. The van der Waals surface area contributed by atoms with E-state index in [4.69, 9.17) is 5.11 Å². The Labute approximate surface area is 133 Å². The van der Waals surface area contributed by atoms with Gasteiger partial charge in [-0.3, -0.25) is 9.59 Å². The van der Waals surface area contributed by atoms with E-state index in [2.05, 4.69) is 5.32 Å². The first-order valence-corrected chi connectivity index (χ1v) is 7.57. The van der Waals surface area contributed by atoms with Crippen molar-refractivity contribution in [2.75, 3.05) is 11.4 Å². The van der Waals surface area contributed by atoms with E-state index in [1.54, 1.807) is 6.92 Å². The summed E-state index contributed by atoms with van der Waals surface area (Å²) in [5, 5.41) is 11.4. The molecule has 0 unspecified atom stereocenters. The van der Waals surface area contributed by atoms with Crippen LogP contribution in [0.4, 0.5) is 10.1 Å². The summed E-state index contributed by atoms with van der Waals surface area (Å²) < 4.78 is 13.9. The second-order valence-electron chi connectivity index (χ2n) is 5.47. The van der Waals surface area contributed by atoms with Crippen LogP contribution < -0.4 is 10.2 Å². The molecule has 0 aliphatic carbocycles. The first kappa shape index (κ1) is 16.9. The number of amides is 2. The number of carboxylic acids is 1. The molecule has 124 valence electrons. The van der Waals surface area contributed by atoms with E-state index in [0.717, 1.165) is 12.5 Å². The van der Waals surface area contributed by atoms with E-state index in [0.29, 0.717) is 25.1 Å². The highest BCUT2D eigenvalue weighted by Crippen LogP contribution is 2.24. The monoisotopic (exact) mass is 322 g/mol. The van der Waals surface area contributed by atoms with Gasteiger partial charge in [-0.05, 0) is 31.0 Å². The highest BCUT2D eigenvalue weighted by molar-refractivity contribution is 6.00. The molecule has 6 nitrogen and oxygen atoms in total. The summed E-state index contributed by atoms with van der Waals surface area (Å²) >= 11 is 0. The number of hydrogen-bond acceptors (Lipinski definition) is 3. The van der Waals surface area contributed by atoms with Crippen molar-refractivity contribution in [1.82, 2.24) is 5.32 Å². The standard InChI is InChI=1S/C16H19FN2O4/c1-2-4-13(16(22)23)18-15(21)11-9-10(6-7-12(11)17)19-8-3-5-14(19)20/h6-7,9,13H,2-5,8H2,1H3,(H,18,21)(H,22,23)/t13-/m0/s1. The maximum atomic E-state index is 13.9. The minimum absolute atomic E-state index is 0.0719. The molecule has 0 radical (unpaired) electrons. The van der Waals surface area contributed by atoms with Gasteiger partial charge in [0.1, 0.15) is 11.9 Å².